The van der Waals surface area contributed by atoms with Gasteiger partial charge < -0.3 is 15.2 Å². The molecule has 4 nitrogen and oxygen atoms in total. The first-order valence-corrected chi connectivity index (χ1v) is 7.09. The highest BCUT2D eigenvalue weighted by Crippen LogP contribution is 2.39. The molecule has 0 aliphatic carbocycles. The minimum atomic E-state index is -0.0590. The second-order valence-electron chi connectivity index (χ2n) is 5.03. The Hall–Kier alpha value is -0.490. The summed E-state index contributed by atoms with van der Waals surface area (Å²) < 4.78 is 11.4. The highest BCUT2D eigenvalue weighted by molar-refractivity contribution is 7.07. The van der Waals surface area contributed by atoms with Crippen LogP contribution in [0.3, 0.4) is 0 Å². The molecular weight excluding hydrogens is 236 g/mol. The van der Waals surface area contributed by atoms with Crippen molar-refractivity contribution in [1.29, 1.82) is 0 Å². The van der Waals surface area contributed by atoms with Crippen molar-refractivity contribution in [3.05, 3.63) is 16.6 Å². The van der Waals surface area contributed by atoms with Gasteiger partial charge in [0.05, 0.1) is 29.5 Å². The Kier molecular flexibility index (Phi) is 3.17. The van der Waals surface area contributed by atoms with Gasteiger partial charge >= 0.3 is 0 Å². The lowest BCUT2D eigenvalue weighted by Gasteiger charge is -2.39. The van der Waals surface area contributed by atoms with E-state index in [9.17, 15) is 0 Å². The quantitative estimate of drug-likeness (QED) is 0.873. The van der Waals surface area contributed by atoms with Crippen molar-refractivity contribution in [1.82, 2.24) is 4.98 Å². The van der Waals surface area contributed by atoms with Gasteiger partial charge in [0.15, 0.2) is 0 Å². The molecule has 0 saturated carbocycles. The van der Waals surface area contributed by atoms with E-state index in [0.29, 0.717) is 5.92 Å². The molecule has 0 amide bonds. The predicted octanol–water partition coefficient (Wildman–Crippen LogP) is 1.73. The summed E-state index contributed by atoms with van der Waals surface area (Å²) in [6, 6.07) is 0.0441. The monoisotopic (exact) mass is 254 g/mol. The number of hydrogen-bond donors (Lipinski definition) is 1. The first kappa shape index (κ1) is 11.6. The molecule has 5 heteroatoms. The molecule has 17 heavy (non-hydrogen) atoms. The van der Waals surface area contributed by atoms with Gasteiger partial charge in [-0.3, -0.25) is 0 Å². The van der Waals surface area contributed by atoms with Crippen molar-refractivity contribution in [2.24, 2.45) is 11.7 Å². The molecule has 0 aromatic carbocycles. The molecule has 0 bridgehead atoms. The zero-order valence-corrected chi connectivity index (χ0v) is 10.6. The van der Waals surface area contributed by atoms with Gasteiger partial charge in [-0.15, -0.1) is 11.3 Å². The van der Waals surface area contributed by atoms with Crippen LogP contribution in [0.5, 0.6) is 0 Å². The van der Waals surface area contributed by atoms with Crippen LogP contribution >= 0.6 is 11.3 Å². The third kappa shape index (κ3) is 2.25. The maximum absolute atomic E-state index is 6.31. The number of thiazole rings is 1. The molecule has 3 rings (SSSR count). The summed E-state index contributed by atoms with van der Waals surface area (Å²) in [6.45, 7) is 2.35. The van der Waals surface area contributed by atoms with Crippen molar-refractivity contribution < 1.29 is 9.47 Å². The molecule has 2 aliphatic heterocycles. The van der Waals surface area contributed by atoms with E-state index in [0.717, 1.165) is 44.8 Å². The molecule has 1 aromatic heterocycles. The Morgan fingerprint density at radius 1 is 1.53 bits per heavy atom. The molecule has 3 unspecified atom stereocenters. The Balaban J connectivity index is 1.71. The van der Waals surface area contributed by atoms with Crippen LogP contribution in [-0.4, -0.2) is 30.4 Å². The van der Waals surface area contributed by atoms with Crippen LogP contribution in [0.4, 0.5) is 0 Å². The molecule has 2 saturated heterocycles. The maximum atomic E-state index is 6.31. The molecule has 2 fully saturated rings. The summed E-state index contributed by atoms with van der Waals surface area (Å²) in [6.07, 6.45) is 3.04. The van der Waals surface area contributed by atoms with Crippen LogP contribution in [-0.2, 0) is 9.47 Å². The SMILES string of the molecule is NC(c1cscn1)C1CCOC2(CCOC2)C1. The van der Waals surface area contributed by atoms with Crippen LogP contribution < -0.4 is 5.73 Å². The fraction of sp³-hybridized carbons (Fsp3) is 0.750. The van der Waals surface area contributed by atoms with Gasteiger partial charge in [-0.25, -0.2) is 4.98 Å². The number of ether oxygens (including phenoxy) is 2. The normalized spacial score (nSPS) is 35.2. The zero-order chi connectivity index (χ0) is 11.7. The predicted molar refractivity (Wildman–Crippen MR) is 65.9 cm³/mol. The standard InChI is InChI=1S/C12H18N2O2S/c13-11(10-6-17-8-14-10)9-1-3-16-12(5-9)2-4-15-7-12/h6,8-9,11H,1-5,7,13H2. The minimum Gasteiger partial charge on any atom is -0.378 e. The highest BCUT2D eigenvalue weighted by Gasteiger charge is 2.42. The van der Waals surface area contributed by atoms with Crippen molar-refractivity contribution in [2.75, 3.05) is 19.8 Å². The molecule has 2 aliphatic rings. The minimum absolute atomic E-state index is 0.0441. The average Bonchev–Trinajstić information content (AvgIpc) is 3.00. The molecular formula is C12H18N2O2S. The summed E-state index contributed by atoms with van der Waals surface area (Å²) in [5.74, 6) is 0.465. The molecule has 1 aromatic rings. The number of nitrogens with zero attached hydrogens (tertiary/aromatic N) is 1. The Morgan fingerprint density at radius 2 is 2.47 bits per heavy atom. The lowest BCUT2D eigenvalue weighted by atomic mass is 9.80. The van der Waals surface area contributed by atoms with E-state index in [1.54, 1.807) is 11.3 Å². The van der Waals surface area contributed by atoms with Gasteiger partial charge in [-0.1, -0.05) is 0 Å². The van der Waals surface area contributed by atoms with E-state index < -0.39 is 0 Å². The number of nitrogens with two attached hydrogens (primary N) is 1. The molecule has 0 radical (unpaired) electrons. The fourth-order valence-electron chi connectivity index (χ4n) is 2.86. The maximum Gasteiger partial charge on any atom is 0.0940 e. The van der Waals surface area contributed by atoms with Crippen LogP contribution in [0.15, 0.2) is 10.9 Å². The second-order valence-corrected chi connectivity index (χ2v) is 5.74. The lowest BCUT2D eigenvalue weighted by molar-refractivity contribution is -0.101. The van der Waals surface area contributed by atoms with Gasteiger partial charge in [-0.2, -0.15) is 0 Å². The number of rotatable bonds is 2. The molecule has 1 spiro atoms. The van der Waals surface area contributed by atoms with Crippen molar-refractivity contribution in [3.8, 4) is 0 Å². The third-order valence-electron chi connectivity index (χ3n) is 3.90. The van der Waals surface area contributed by atoms with Gasteiger partial charge in [0.2, 0.25) is 0 Å². The Morgan fingerprint density at radius 3 is 3.18 bits per heavy atom. The fourth-order valence-corrected chi connectivity index (χ4v) is 3.46. The molecule has 3 heterocycles. The van der Waals surface area contributed by atoms with Crippen LogP contribution in [0.25, 0.3) is 0 Å². The van der Waals surface area contributed by atoms with Crippen LogP contribution in [0, 0.1) is 5.92 Å². The summed E-state index contributed by atoms with van der Waals surface area (Å²) in [5, 5.41) is 2.05. The Labute approximate surface area is 105 Å². The number of aromatic nitrogens is 1. The summed E-state index contributed by atoms with van der Waals surface area (Å²) in [5.41, 5.74) is 9.13. The van der Waals surface area contributed by atoms with E-state index in [4.69, 9.17) is 15.2 Å². The summed E-state index contributed by atoms with van der Waals surface area (Å²) in [4.78, 5) is 4.33. The third-order valence-corrected chi connectivity index (χ3v) is 4.50. The van der Waals surface area contributed by atoms with E-state index in [1.165, 1.54) is 0 Å². The van der Waals surface area contributed by atoms with Crippen molar-refractivity contribution in [3.63, 3.8) is 0 Å². The van der Waals surface area contributed by atoms with Gasteiger partial charge in [-0.05, 0) is 18.8 Å². The summed E-state index contributed by atoms with van der Waals surface area (Å²) >= 11 is 1.61. The first-order chi connectivity index (χ1) is 8.29. The molecule has 3 atom stereocenters. The van der Waals surface area contributed by atoms with E-state index in [-0.39, 0.29) is 11.6 Å². The second kappa shape index (κ2) is 4.65. The average molecular weight is 254 g/mol. The first-order valence-electron chi connectivity index (χ1n) is 6.14. The van der Waals surface area contributed by atoms with E-state index in [2.05, 4.69) is 10.4 Å². The Bertz CT molecular complexity index is 363. The smallest absolute Gasteiger partial charge is 0.0940 e. The molecule has 94 valence electrons. The van der Waals surface area contributed by atoms with Crippen molar-refractivity contribution >= 4 is 11.3 Å². The number of hydrogen-bond acceptors (Lipinski definition) is 5. The van der Waals surface area contributed by atoms with Crippen LogP contribution in [0.1, 0.15) is 31.0 Å². The van der Waals surface area contributed by atoms with E-state index in [1.807, 2.05) is 5.51 Å². The largest absolute Gasteiger partial charge is 0.378 e. The lowest BCUT2D eigenvalue weighted by Crippen LogP contribution is -2.43. The van der Waals surface area contributed by atoms with Gasteiger partial charge in [0.25, 0.3) is 0 Å². The highest BCUT2D eigenvalue weighted by atomic mass is 32.1. The van der Waals surface area contributed by atoms with Crippen molar-refractivity contribution in [2.45, 2.75) is 30.9 Å². The van der Waals surface area contributed by atoms with E-state index >= 15 is 0 Å². The topological polar surface area (TPSA) is 57.4 Å². The van der Waals surface area contributed by atoms with Gasteiger partial charge in [0, 0.05) is 25.0 Å². The zero-order valence-electron chi connectivity index (χ0n) is 9.80. The van der Waals surface area contributed by atoms with Gasteiger partial charge in [0.1, 0.15) is 0 Å². The summed E-state index contributed by atoms with van der Waals surface area (Å²) in [7, 11) is 0. The molecule has 2 N–H and O–H groups in total. The van der Waals surface area contributed by atoms with Crippen LogP contribution in [0.2, 0.25) is 0 Å².